The van der Waals surface area contributed by atoms with Gasteiger partial charge in [-0.05, 0) is 29.6 Å². The Kier molecular flexibility index (Phi) is 5.28. The maximum Gasteiger partial charge on any atom is 0.175 e. The highest BCUT2D eigenvalue weighted by Crippen LogP contribution is 2.33. The van der Waals surface area contributed by atoms with Crippen molar-refractivity contribution in [1.29, 1.82) is 0 Å². The van der Waals surface area contributed by atoms with Gasteiger partial charge in [-0.1, -0.05) is 53.2 Å². The predicted octanol–water partition coefficient (Wildman–Crippen LogP) is 6.60. The molecular formula is C19H11Cl2N5S3. The Morgan fingerprint density at radius 2 is 1.97 bits per heavy atom. The van der Waals surface area contributed by atoms with Gasteiger partial charge in [0.1, 0.15) is 0 Å². The summed E-state index contributed by atoms with van der Waals surface area (Å²) >= 11 is 17.3. The first kappa shape index (κ1) is 19.0. The molecule has 10 heteroatoms. The lowest BCUT2D eigenvalue weighted by Crippen LogP contribution is -2.02. The molecule has 0 aliphatic carbocycles. The second kappa shape index (κ2) is 8.04. The number of nitrogens with zero attached hydrogens (tertiary/aromatic N) is 5. The van der Waals surface area contributed by atoms with Gasteiger partial charge in [0.15, 0.2) is 21.8 Å². The summed E-state index contributed by atoms with van der Waals surface area (Å²) in [5, 5.41) is 7.57. The van der Waals surface area contributed by atoms with Crippen LogP contribution in [0, 0.1) is 0 Å². The Morgan fingerprint density at radius 1 is 1.07 bits per heavy atom. The van der Waals surface area contributed by atoms with Crippen LogP contribution in [-0.4, -0.2) is 24.7 Å². The molecule has 0 N–H and O–H groups in total. The fourth-order valence-electron chi connectivity index (χ4n) is 2.73. The molecule has 0 aliphatic heterocycles. The topological polar surface area (TPSA) is 56.5 Å². The molecule has 0 saturated heterocycles. The van der Waals surface area contributed by atoms with E-state index in [0.29, 0.717) is 33.3 Å². The van der Waals surface area contributed by atoms with E-state index in [-0.39, 0.29) is 0 Å². The number of hydrogen-bond acceptors (Lipinski definition) is 7. The van der Waals surface area contributed by atoms with E-state index in [1.54, 1.807) is 51.4 Å². The van der Waals surface area contributed by atoms with E-state index in [1.807, 2.05) is 35.7 Å². The van der Waals surface area contributed by atoms with Crippen LogP contribution < -0.4 is 0 Å². The molecule has 0 amide bonds. The van der Waals surface area contributed by atoms with Crippen molar-refractivity contribution in [3.8, 4) is 16.5 Å². The van der Waals surface area contributed by atoms with Gasteiger partial charge in [0.25, 0.3) is 0 Å². The Labute approximate surface area is 188 Å². The largest absolute Gasteiger partial charge is 0.234 e. The van der Waals surface area contributed by atoms with Gasteiger partial charge in [0.2, 0.25) is 0 Å². The molecule has 5 rings (SSSR count). The summed E-state index contributed by atoms with van der Waals surface area (Å²) in [6.45, 7) is 0. The standard InChI is InChI=1S/C19H11Cl2N5S3/c20-11-8-12(21)17(22-9-11)26-18(15-6-3-7-27-15)24-16(25-26)10-28-19-23-13-4-1-2-5-14(13)29-19/h1-9H,10H2. The van der Waals surface area contributed by atoms with Crippen molar-refractivity contribution in [2.75, 3.05) is 0 Å². The van der Waals surface area contributed by atoms with Crippen LogP contribution in [0.15, 0.2) is 58.4 Å². The minimum atomic E-state index is 0.422. The first-order valence-corrected chi connectivity index (χ1v) is 11.9. The van der Waals surface area contributed by atoms with E-state index in [9.17, 15) is 0 Å². The summed E-state index contributed by atoms with van der Waals surface area (Å²) in [4.78, 5) is 14.8. The Bertz CT molecular complexity index is 1260. The lowest BCUT2D eigenvalue weighted by molar-refractivity contribution is 0.837. The SMILES string of the molecule is Clc1cnc(-n2nc(CSc3nc4ccccc4s3)nc2-c2cccs2)c(Cl)c1. The quantitative estimate of drug-likeness (QED) is 0.268. The first-order valence-electron chi connectivity index (χ1n) is 8.47. The number of benzene rings is 1. The normalized spacial score (nSPS) is 11.4. The van der Waals surface area contributed by atoms with Crippen molar-refractivity contribution < 1.29 is 0 Å². The molecule has 0 aliphatic rings. The third-order valence-corrected chi connectivity index (χ3v) is 7.51. The van der Waals surface area contributed by atoms with E-state index in [0.717, 1.165) is 14.7 Å². The number of rotatable bonds is 5. The summed E-state index contributed by atoms with van der Waals surface area (Å²) in [7, 11) is 0. The second-order valence-corrected chi connectivity index (χ2v) is 9.98. The fraction of sp³-hybridized carbons (Fsp3) is 0.0526. The van der Waals surface area contributed by atoms with Crippen molar-refractivity contribution in [3.05, 3.63) is 69.9 Å². The number of fused-ring (bicyclic) bond motifs is 1. The van der Waals surface area contributed by atoms with Crippen molar-refractivity contribution in [2.45, 2.75) is 10.1 Å². The maximum absolute atomic E-state index is 6.38. The van der Waals surface area contributed by atoms with Gasteiger partial charge in [-0.15, -0.1) is 27.8 Å². The summed E-state index contributed by atoms with van der Waals surface area (Å²) in [5.74, 6) is 2.49. The zero-order chi connectivity index (χ0) is 19.8. The molecule has 0 fully saturated rings. The molecular weight excluding hydrogens is 465 g/mol. The molecule has 0 atom stereocenters. The number of para-hydroxylation sites is 1. The molecule has 5 nitrogen and oxygen atoms in total. The van der Waals surface area contributed by atoms with Crippen molar-refractivity contribution in [1.82, 2.24) is 24.7 Å². The van der Waals surface area contributed by atoms with Crippen molar-refractivity contribution >= 4 is 67.9 Å². The van der Waals surface area contributed by atoms with E-state index in [1.165, 1.54) is 4.70 Å². The molecule has 0 radical (unpaired) electrons. The second-order valence-electron chi connectivity index (χ2n) is 5.94. The molecule has 4 aromatic heterocycles. The van der Waals surface area contributed by atoms with Gasteiger partial charge in [0.05, 0.1) is 30.9 Å². The van der Waals surface area contributed by atoms with E-state index in [4.69, 9.17) is 28.2 Å². The highest BCUT2D eigenvalue weighted by Gasteiger charge is 2.18. The van der Waals surface area contributed by atoms with Gasteiger partial charge >= 0.3 is 0 Å². The number of thiazole rings is 1. The average molecular weight is 476 g/mol. The van der Waals surface area contributed by atoms with Crippen LogP contribution in [-0.2, 0) is 5.75 Å². The smallest absolute Gasteiger partial charge is 0.175 e. The number of halogens is 2. The van der Waals surface area contributed by atoms with E-state index >= 15 is 0 Å². The van der Waals surface area contributed by atoms with E-state index in [2.05, 4.69) is 21.1 Å². The van der Waals surface area contributed by atoms with Crippen LogP contribution in [0.5, 0.6) is 0 Å². The monoisotopic (exact) mass is 475 g/mol. The van der Waals surface area contributed by atoms with Crippen molar-refractivity contribution in [3.63, 3.8) is 0 Å². The molecule has 1 aromatic carbocycles. The van der Waals surface area contributed by atoms with Crippen LogP contribution in [0.1, 0.15) is 5.82 Å². The third-order valence-electron chi connectivity index (χ3n) is 3.98. The highest BCUT2D eigenvalue weighted by molar-refractivity contribution is 8.00. The maximum atomic E-state index is 6.38. The minimum Gasteiger partial charge on any atom is -0.234 e. The number of thioether (sulfide) groups is 1. The molecule has 0 spiro atoms. The van der Waals surface area contributed by atoms with Gasteiger partial charge in [-0.25, -0.2) is 15.0 Å². The summed E-state index contributed by atoms with van der Waals surface area (Å²) in [6.07, 6.45) is 1.55. The van der Waals surface area contributed by atoms with Crippen molar-refractivity contribution in [2.24, 2.45) is 0 Å². The average Bonchev–Trinajstić information content (AvgIpc) is 3.45. The minimum absolute atomic E-state index is 0.422. The molecule has 144 valence electrons. The molecule has 5 aromatic rings. The molecule has 29 heavy (non-hydrogen) atoms. The lowest BCUT2D eigenvalue weighted by Gasteiger charge is -2.05. The zero-order valence-electron chi connectivity index (χ0n) is 14.6. The fourth-order valence-corrected chi connectivity index (χ4v) is 5.81. The molecule has 4 heterocycles. The Hall–Kier alpha value is -1.97. The highest BCUT2D eigenvalue weighted by atomic mass is 35.5. The summed E-state index contributed by atoms with van der Waals surface area (Å²) in [6, 6.07) is 13.7. The summed E-state index contributed by atoms with van der Waals surface area (Å²) < 4.78 is 3.84. The van der Waals surface area contributed by atoms with Crippen LogP contribution in [0.25, 0.3) is 26.7 Å². The molecule has 0 saturated carbocycles. The van der Waals surface area contributed by atoms with Gasteiger partial charge in [0, 0.05) is 6.20 Å². The Morgan fingerprint density at radius 3 is 2.76 bits per heavy atom. The van der Waals surface area contributed by atoms with Gasteiger partial charge in [-0.2, -0.15) is 4.68 Å². The van der Waals surface area contributed by atoms with Crippen LogP contribution in [0.3, 0.4) is 0 Å². The van der Waals surface area contributed by atoms with E-state index < -0.39 is 0 Å². The lowest BCUT2D eigenvalue weighted by atomic mass is 10.3. The van der Waals surface area contributed by atoms with Crippen LogP contribution >= 0.6 is 57.6 Å². The molecule has 0 bridgehead atoms. The molecule has 0 unspecified atom stereocenters. The first-order chi connectivity index (χ1) is 14.2. The van der Waals surface area contributed by atoms with Crippen LogP contribution in [0.2, 0.25) is 10.0 Å². The number of thiophene rings is 1. The number of pyridine rings is 1. The predicted molar refractivity (Wildman–Crippen MR) is 122 cm³/mol. The summed E-state index contributed by atoms with van der Waals surface area (Å²) in [5.41, 5.74) is 1.01. The van der Waals surface area contributed by atoms with Gasteiger partial charge in [-0.3, -0.25) is 0 Å². The number of aromatic nitrogens is 5. The number of hydrogen-bond donors (Lipinski definition) is 0. The third kappa shape index (κ3) is 3.91. The van der Waals surface area contributed by atoms with Crippen LogP contribution in [0.4, 0.5) is 0 Å². The zero-order valence-corrected chi connectivity index (χ0v) is 18.6. The van der Waals surface area contributed by atoms with Gasteiger partial charge < -0.3 is 0 Å². The Balaban J connectivity index is 1.49.